The molecule has 0 saturated carbocycles. The molecule has 0 aliphatic heterocycles. The van der Waals surface area contributed by atoms with Gasteiger partial charge in [0.25, 0.3) is 0 Å². The van der Waals surface area contributed by atoms with E-state index < -0.39 is 0 Å². The van der Waals surface area contributed by atoms with Crippen LogP contribution in [0.4, 0.5) is 0 Å². The third-order valence-corrected chi connectivity index (χ3v) is 3.62. The van der Waals surface area contributed by atoms with Gasteiger partial charge in [-0.3, -0.25) is 0 Å². The number of aromatic nitrogens is 2. The summed E-state index contributed by atoms with van der Waals surface area (Å²) in [6.07, 6.45) is 0. The molecular formula is C16H13ClN2S. The van der Waals surface area contributed by atoms with Gasteiger partial charge in [0.2, 0.25) is 0 Å². The molecule has 0 saturated heterocycles. The molecule has 0 bridgehead atoms. The van der Waals surface area contributed by atoms with E-state index in [4.69, 9.17) is 11.6 Å². The monoisotopic (exact) mass is 300 g/mol. The Morgan fingerprint density at radius 2 is 1.65 bits per heavy atom. The van der Waals surface area contributed by atoms with Crippen LogP contribution in [0.2, 0.25) is 5.02 Å². The molecule has 100 valence electrons. The van der Waals surface area contributed by atoms with Gasteiger partial charge >= 0.3 is 0 Å². The highest BCUT2D eigenvalue weighted by molar-refractivity contribution is 7.80. The fourth-order valence-corrected chi connectivity index (χ4v) is 2.39. The molecule has 0 radical (unpaired) electrons. The molecule has 0 unspecified atom stereocenters. The van der Waals surface area contributed by atoms with Gasteiger partial charge in [-0.05, 0) is 49.4 Å². The molecule has 0 fully saturated rings. The second kappa shape index (κ2) is 5.35. The van der Waals surface area contributed by atoms with Gasteiger partial charge in [0, 0.05) is 15.5 Å². The van der Waals surface area contributed by atoms with Crippen molar-refractivity contribution < 1.29 is 0 Å². The summed E-state index contributed by atoms with van der Waals surface area (Å²) in [4.78, 5) is 0.947. The molecule has 0 aliphatic rings. The number of rotatable bonds is 2. The SMILES string of the molecule is Cc1cc(-c2ccc(S)cc2)n(-c2ccc(Cl)cc2)n1. The highest BCUT2D eigenvalue weighted by Crippen LogP contribution is 2.25. The lowest BCUT2D eigenvalue weighted by Gasteiger charge is -2.08. The van der Waals surface area contributed by atoms with Crippen LogP contribution in [-0.4, -0.2) is 9.78 Å². The minimum atomic E-state index is 0.721. The van der Waals surface area contributed by atoms with Gasteiger partial charge in [-0.25, -0.2) is 4.68 Å². The second-order valence-corrected chi connectivity index (χ2v) is 5.56. The average molecular weight is 301 g/mol. The van der Waals surface area contributed by atoms with Crippen molar-refractivity contribution in [1.29, 1.82) is 0 Å². The molecule has 3 rings (SSSR count). The highest BCUT2D eigenvalue weighted by atomic mass is 35.5. The number of hydrogen-bond acceptors (Lipinski definition) is 2. The maximum absolute atomic E-state index is 5.94. The maximum Gasteiger partial charge on any atom is 0.0743 e. The van der Waals surface area contributed by atoms with Crippen molar-refractivity contribution in [3.05, 3.63) is 65.3 Å². The van der Waals surface area contributed by atoms with E-state index in [1.807, 2.05) is 60.1 Å². The molecule has 0 atom stereocenters. The van der Waals surface area contributed by atoms with Gasteiger partial charge in [-0.15, -0.1) is 12.6 Å². The summed E-state index contributed by atoms with van der Waals surface area (Å²) < 4.78 is 1.93. The van der Waals surface area contributed by atoms with E-state index in [9.17, 15) is 0 Å². The molecule has 1 heterocycles. The first-order valence-electron chi connectivity index (χ1n) is 6.25. The van der Waals surface area contributed by atoms with E-state index >= 15 is 0 Å². The molecule has 0 N–H and O–H groups in total. The van der Waals surface area contributed by atoms with Crippen LogP contribution in [0, 0.1) is 6.92 Å². The third-order valence-electron chi connectivity index (χ3n) is 3.07. The van der Waals surface area contributed by atoms with Gasteiger partial charge in [0.05, 0.1) is 17.1 Å². The lowest BCUT2D eigenvalue weighted by atomic mass is 10.1. The fourth-order valence-electron chi connectivity index (χ4n) is 2.12. The van der Waals surface area contributed by atoms with Crippen molar-refractivity contribution in [1.82, 2.24) is 9.78 Å². The number of hydrogen-bond donors (Lipinski definition) is 1. The fraction of sp³-hybridized carbons (Fsp3) is 0.0625. The van der Waals surface area contributed by atoms with Gasteiger partial charge in [0.1, 0.15) is 0 Å². The van der Waals surface area contributed by atoms with E-state index in [0.717, 1.165) is 32.6 Å². The smallest absolute Gasteiger partial charge is 0.0743 e. The van der Waals surface area contributed by atoms with E-state index in [1.165, 1.54) is 0 Å². The van der Waals surface area contributed by atoms with Crippen molar-refractivity contribution in [2.75, 3.05) is 0 Å². The molecule has 0 spiro atoms. The van der Waals surface area contributed by atoms with Gasteiger partial charge in [-0.1, -0.05) is 23.7 Å². The summed E-state index contributed by atoms with van der Waals surface area (Å²) in [6, 6.07) is 17.8. The topological polar surface area (TPSA) is 17.8 Å². The second-order valence-electron chi connectivity index (χ2n) is 4.61. The number of halogens is 1. The van der Waals surface area contributed by atoms with Crippen molar-refractivity contribution in [2.24, 2.45) is 0 Å². The summed E-state index contributed by atoms with van der Waals surface area (Å²) in [5.41, 5.74) is 4.13. The minimum absolute atomic E-state index is 0.721. The summed E-state index contributed by atoms with van der Waals surface area (Å²) in [7, 11) is 0. The lowest BCUT2D eigenvalue weighted by Crippen LogP contribution is -1.98. The quantitative estimate of drug-likeness (QED) is 0.674. The molecule has 20 heavy (non-hydrogen) atoms. The van der Waals surface area contributed by atoms with Crippen molar-refractivity contribution in [3.8, 4) is 16.9 Å². The van der Waals surface area contributed by atoms with Crippen LogP contribution in [-0.2, 0) is 0 Å². The number of thiol groups is 1. The van der Waals surface area contributed by atoms with Gasteiger partial charge in [0.15, 0.2) is 0 Å². The molecular weight excluding hydrogens is 288 g/mol. The van der Waals surface area contributed by atoms with E-state index in [2.05, 4.69) is 23.8 Å². The zero-order valence-corrected chi connectivity index (χ0v) is 12.6. The van der Waals surface area contributed by atoms with Crippen molar-refractivity contribution >= 4 is 24.2 Å². The van der Waals surface area contributed by atoms with Crippen LogP contribution in [0.1, 0.15) is 5.69 Å². The minimum Gasteiger partial charge on any atom is -0.233 e. The van der Waals surface area contributed by atoms with Crippen LogP contribution in [0.5, 0.6) is 0 Å². The Kier molecular flexibility index (Phi) is 3.55. The van der Waals surface area contributed by atoms with Crippen LogP contribution in [0.15, 0.2) is 59.5 Å². The highest BCUT2D eigenvalue weighted by Gasteiger charge is 2.09. The number of nitrogens with zero attached hydrogens (tertiary/aromatic N) is 2. The molecule has 3 aromatic rings. The first-order valence-corrected chi connectivity index (χ1v) is 7.08. The van der Waals surface area contributed by atoms with Crippen molar-refractivity contribution in [2.45, 2.75) is 11.8 Å². The zero-order valence-electron chi connectivity index (χ0n) is 10.9. The summed E-state index contributed by atoms with van der Waals surface area (Å²) in [5, 5.41) is 5.28. The molecule has 4 heteroatoms. The average Bonchev–Trinajstić information content (AvgIpc) is 2.82. The van der Waals surface area contributed by atoms with E-state index in [-0.39, 0.29) is 0 Å². The van der Waals surface area contributed by atoms with E-state index in [1.54, 1.807) is 0 Å². The number of benzene rings is 2. The molecule has 2 aromatic carbocycles. The van der Waals surface area contributed by atoms with Crippen molar-refractivity contribution in [3.63, 3.8) is 0 Å². The normalized spacial score (nSPS) is 10.8. The van der Waals surface area contributed by atoms with Gasteiger partial charge in [-0.2, -0.15) is 5.10 Å². The van der Waals surface area contributed by atoms with Crippen LogP contribution in [0.3, 0.4) is 0 Å². The van der Waals surface area contributed by atoms with Crippen LogP contribution >= 0.6 is 24.2 Å². The Bertz CT molecular complexity index is 667. The standard InChI is InChI=1S/C16H13ClN2S/c1-11-10-16(12-2-8-15(20)9-3-12)19(18-11)14-6-4-13(17)5-7-14/h2-10,20H,1H3. The maximum atomic E-state index is 5.94. The first-order chi connectivity index (χ1) is 9.63. The first kappa shape index (κ1) is 13.3. The summed E-state index contributed by atoms with van der Waals surface area (Å²) in [5.74, 6) is 0. The summed E-state index contributed by atoms with van der Waals surface area (Å²) in [6.45, 7) is 1.99. The predicted octanol–water partition coefficient (Wildman–Crippen LogP) is 4.79. The van der Waals surface area contributed by atoms with Crippen LogP contribution in [0.25, 0.3) is 16.9 Å². The van der Waals surface area contributed by atoms with Crippen LogP contribution < -0.4 is 0 Å². The third kappa shape index (κ3) is 2.60. The largest absolute Gasteiger partial charge is 0.233 e. The van der Waals surface area contributed by atoms with E-state index in [0.29, 0.717) is 0 Å². The molecule has 0 amide bonds. The predicted molar refractivity (Wildman–Crippen MR) is 86.0 cm³/mol. The zero-order chi connectivity index (χ0) is 14.1. The Balaban J connectivity index is 2.12. The molecule has 2 nitrogen and oxygen atoms in total. The Hall–Kier alpha value is -1.71. The Morgan fingerprint density at radius 1 is 1.00 bits per heavy atom. The summed E-state index contributed by atoms with van der Waals surface area (Å²) >= 11 is 10.3. The van der Waals surface area contributed by atoms with Gasteiger partial charge < -0.3 is 0 Å². The lowest BCUT2D eigenvalue weighted by molar-refractivity contribution is 0.869. The number of aryl methyl sites for hydroxylation is 1. The molecule has 1 aromatic heterocycles. The Morgan fingerprint density at radius 3 is 2.30 bits per heavy atom. The Labute approximate surface area is 128 Å². The molecule has 0 aliphatic carbocycles.